The molecule has 0 radical (unpaired) electrons. The zero-order chi connectivity index (χ0) is 47.2. The Morgan fingerprint density at radius 3 is 0.871 bits per heavy atom. The fourth-order valence-corrected chi connectivity index (χ4v) is 8.82. The van der Waals surface area contributed by atoms with Crippen LogP contribution in [0, 0.1) is 0 Å². The lowest BCUT2D eigenvalue weighted by Crippen LogP contribution is -2.00. The Morgan fingerprint density at radius 2 is 0.571 bits per heavy atom. The highest BCUT2D eigenvalue weighted by Gasteiger charge is 2.15. The molecule has 6 heterocycles. The maximum atomic E-state index is 6.22. The fraction of sp³-hybridized carbons (Fsp3) is 0.194. The van der Waals surface area contributed by atoms with Crippen molar-refractivity contribution in [3.8, 4) is 67.5 Å². The summed E-state index contributed by atoms with van der Waals surface area (Å²) >= 11 is 0. The van der Waals surface area contributed by atoms with Crippen LogP contribution in [0.3, 0.4) is 0 Å². The summed E-state index contributed by atoms with van der Waals surface area (Å²) in [6, 6.07) is 62.1. The second-order valence-corrected chi connectivity index (χ2v) is 17.6. The molecule has 0 fully saturated rings. The van der Waals surface area contributed by atoms with Crippen LogP contribution in [-0.4, -0.2) is 38.9 Å². The summed E-state index contributed by atoms with van der Waals surface area (Å²) in [4.78, 5) is 10.5. The maximum Gasteiger partial charge on any atom is 0.119 e. The molecule has 0 aromatic heterocycles. The lowest BCUT2D eigenvalue weighted by molar-refractivity contribution is 0.287. The molecule has 70 heavy (non-hydrogen) atoms. The lowest BCUT2D eigenvalue weighted by Gasteiger charge is -2.14. The number of ether oxygens (including phenoxy) is 4. The molecule has 0 atom stereocenters. The lowest BCUT2D eigenvalue weighted by atomic mass is 9.96. The van der Waals surface area contributed by atoms with Crippen LogP contribution >= 0.6 is 0 Å². The van der Waals surface area contributed by atoms with Crippen LogP contribution in [0.1, 0.15) is 62.5 Å². The van der Waals surface area contributed by atoms with Gasteiger partial charge in [0.25, 0.3) is 0 Å². The number of azo groups is 1. The van der Waals surface area contributed by atoms with Gasteiger partial charge in [0.2, 0.25) is 0 Å². The maximum absolute atomic E-state index is 6.22. The van der Waals surface area contributed by atoms with Crippen molar-refractivity contribution >= 4 is 35.2 Å². The predicted molar refractivity (Wildman–Crippen MR) is 285 cm³/mol. The molecular formula is C62H56N4O4. The minimum absolute atomic E-state index is 0.657. The molecule has 0 N–H and O–H groups in total. The molecule has 6 aliphatic heterocycles. The third kappa shape index (κ3) is 11.8. The third-order valence-electron chi connectivity index (χ3n) is 12.6. The average Bonchev–Trinajstić information content (AvgIpc) is 3.41. The zero-order valence-electron chi connectivity index (χ0n) is 39.4. The van der Waals surface area contributed by atoms with Crippen LogP contribution < -0.4 is 18.9 Å². The second-order valence-electron chi connectivity index (χ2n) is 17.6. The molecule has 6 aliphatic rings. The van der Waals surface area contributed by atoms with Gasteiger partial charge < -0.3 is 18.9 Å². The summed E-state index contributed by atoms with van der Waals surface area (Å²) in [5.74, 6) is 3.40. The number of hydrogen-bond acceptors (Lipinski definition) is 8. The van der Waals surface area contributed by atoms with E-state index in [1.165, 1.54) is 0 Å². The number of benzene rings is 8. The van der Waals surface area contributed by atoms with Crippen LogP contribution in [0.2, 0.25) is 0 Å². The molecule has 8 aromatic carbocycles. The van der Waals surface area contributed by atoms with Gasteiger partial charge in [-0.05, 0) is 158 Å². The van der Waals surface area contributed by atoms with Crippen LogP contribution in [-0.2, 0) is 0 Å². The molecule has 0 unspecified atom stereocenters. The highest BCUT2D eigenvalue weighted by Crippen LogP contribution is 2.42. The Morgan fingerprint density at radius 1 is 0.286 bits per heavy atom. The Labute approximate surface area is 411 Å². The first-order valence-electron chi connectivity index (χ1n) is 24.6. The number of nitrogens with zero attached hydrogens (tertiary/aromatic N) is 4. The van der Waals surface area contributed by atoms with E-state index in [1.807, 2.05) is 61.0 Å². The summed E-state index contributed by atoms with van der Waals surface area (Å²) in [6.07, 6.45) is 11.9. The molecule has 348 valence electrons. The van der Waals surface area contributed by atoms with E-state index in [-0.39, 0.29) is 0 Å². The Bertz CT molecular complexity index is 2740. The molecule has 0 spiro atoms. The van der Waals surface area contributed by atoms with Gasteiger partial charge in [-0.15, -0.1) is 0 Å². The standard InChI is InChI=1S/C62H56N4O4/c1-2-6-38-68-54-31-23-48(24-32-54)58-18-12-20-60-50-27-35-56(36-28-50)70-40-8-4-3-7-39-69-55-33-25-49(26-34-55)59-19-11-17-57(47-21-29-53(30-22-47)67-37-5-1)61(59)63-43-45-13-9-15-51(41-45)65-66-52-16-10-14-46(42-52)44-64-62(58)60/h9-36,41-44H,1-8,37-40H2. The van der Waals surface area contributed by atoms with E-state index in [2.05, 4.69) is 144 Å². The summed E-state index contributed by atoms with van der Waals surface area (Å²) in [6.45, 7) is 2.63. The second kappa shape index (κ2) is 22.8. The zero-order valence-corrected chi connectivity index (χ0v) is 39.4. The van der Waals surface area contributed by atoms with Crippen molar-refractivity contribution < 1.29 is 18.9 Å². The summed E-state index contributed by atoms with van der Waals surface area (Å²) in [7, 11) is 0. The molecule has 0 aliphatic carbocycles. The van der Waals surface area contributed by atoms with Gasteiger partial charge in [0, 0.05) is 34.7 Å². The highest BCUT2D eigenvalue weighted by molar-refractivity contribution is 5.95. The van der Waals surface area contributed by atoms with E-state index in [0.29, 0.717) is 37.8 Å². The van der Waals surface area contributed by atoms with Crippen molar-refractivity contribution in [3.63, 3.8) is 0 Å². The average molecular weight is 921 g/mol. The molecule has 14 bridgehead atoms. The molecule has 14 rings (SSSR count). The normalized spacial score (nSPS) is 14.5. The van der Waals surface area contributed by atoms with Crippen molar-refractivity contribution in [1.82, 2.24) is 0 Å². The summed E-state index contributed by atoms with van der Waals surface area (Å²) in [5, 5.41) is 9.36. The minimum Gasteiger partial charge on any atom is -0.494 e. The quantitative estimate of drug-likeness (QED) is 0.152. The topological polar surface area (TPSA) is 86.4 Å². The molecular weight excluding hydrogens is 865 g/mol. The first-order chi connectivity index (χ1) is 34.7. The van der Waals surface area contributed by atoms with E-state index in [0.717, 1.165) is 141 Å². The molecule has 8 heteroatoms. The van der Waals surface area contributed by atoms with E-state index >= 15 is 0 Å². The Hall–Kier alpha value is -8.10. The van der Waals surface area contributed by atoms with E-state index < -0.39 is 0 Å². The smallest absolute Gasteiger partial charge is 0.119 e. The van der Waals surface area contributed by atoms with Crippen molar-refractivity contribution in [2.45, 2.75) is 51.4 Å². The molecule has 8 aromatic rings. The van der Waals surface area contributed by atoms with Gasteiger partial charge in [-0.1, -0.05) is 109 Å². The van der Waals surface area contributed by atoms with Gasteiger partial charge in [-0.2, -0.15) is 10.2 Å². The van der Waals surface area contributed by atoms with Gasteiger partial charge in [-0.3, -0.25) is 9.98 Å². The van der Waals surface area contributed by atoms with Crippen LogP contribution in [0.25, 0.3) is 44.5 Å². The van der Waals surface area contributed by atoms with Crippen molar-refractivity contribution in [1.29, 1.82) is 0 Å². The first kappa shape index (κ1) is 45.7. The van der Waals surface area contributed by atoms with Gasteiger partial charge in [0.05, 0.1) is 49.2 Å². The largest absolute Gasteiger partial charge is 0.494 e. The van der Waals surface area contributed by atoms with E-state index in [1.54, 1.807) is 0 Å². The van der Waals surface area contributed by atoms with Gasteiger partial charge >= 0.3 is 0 Å². The molecule has 8 nitrogen and oxygen atoms in total. The molecule has 0 amide bonds. The molecule has 0 saturated heterocycles. The van der Waals surface area contributed by atoms with Crippen LogP contribution in [0.5, 0.6) is 23.0 Å². The number of fused-ring (bicyclic) bond motifs is 4. The Balaban J connectivity index is 1.04. The van der Waals surface area contributed by atoms with Crippen LogP contribution in [0.15, 0.2) is 202 Å². The molecule has 0 saturated carbocycles. The SMILES string of the molecule is C1=Nc2c3cccc2-c2ccc(cc2)OCCCCCCOc2ccc(cc2)-c2cccc(c2N=Cc2cccc(c2)N=Nc2cccc1c2)-c1ccc(cc1)OCCCCCCOc1ccc-3cc1. The number of rotatable bonds is 0. The predicted octanol–water partition coefficient (Wildman–Crippen LogP) is 16.9. The van der Waals surface area contributed by atoms with Crippen molar-refractivity contribution in [2.75, 3.05) is 26.4 Å². The first-order valence-corrected chi connectivity index (χ1v) is 24.6. The van der Waals surface area contributed by atoms with E-state index in [4.69, 9.17) is 28.9 Å². The van der Waals surface area contributed by atoms with Crippen molar-refractivity contribution in [3.05, 3.63) is 193 Å². The van der Waals surface area contributed by atoms with Crippen LogP contribution in [0.4, 0.5) is 22.7 Å². The summed E-state index contributed by atoms with van der Waals surface area (Å²) < 4.78 is 24.9. The van der Waals surface area contributed by atoms with Gasteiger partial charge in [0.1, 0.15) is 23.0 Å². The highest BCUT2D eigenvalue weighted by atomic mass is 16.5. The summed E-state index contributed by atoms with van der Waals surface area (Å²) in [5.41, 5.74) is 13.2. The van der Waals surface area contributed by atoms with E-state index in [9.17, 15) is 0 Å². The number of para-hydroxylation sites is 2. The number of hydrogen-bond donors (Lipinski definition) is 0. The third-order valence-corrected chi connectivity index (χ3v) is 12.6. The Kier molecular flexibility index (Phi) is 14.9. The van der Waals surface area contributed by atoms with Gasteiger partial charge in [-0.25, -0.2) is 0 Å². The number of aliphatic imine (C=N–C) groups is 2. The van der Waals surface area contributed by atoms with Crippen molar-refractivity contribution in [2.24, 2.45) is 20.2 Å². The fourth-order valence-electron chi connectivity index (χ4n) is 8.82. The monoisotopic (exact) mass is 920 g/mol. The van der Waals surface area contributed by atoms with Gasteiger partial charge in [0.15, 0.2) is 0 Å². The minimum atomic E-state index is 0.657.